The molecule has 2 aliphatic rings. The molecule has 1 aromatic rings. The number of rotatable bonds is 7. The van der Waals surface area contributed by atoms with Gasteiger partial charge in [0.05, 0.1) is 6.54 Å². The lowest BCUT2D eigenvalue weighted by Crippen LogP contribution is -2.44. The molecule has 0 radical (unpaired) electrons. The van der Waals surface area contributed by atoms with Crippen LogP contribution in [0.25, 0.3) is 0 Å². The second-order valence-electron chi connectivity index (χ2n) is 8.01. The predicted octanol–water partition coefficient (Wildman–Crippen LogP) is 2.82. The first-order valence-corrected chi connectivity index (χ1v) is 10.8. The molecule has 2 aliphatic heterocycles. The van der Waals surface area contributed by atoms with Crippen LogP contribution in [-0.2, 0) is 13.1 Å². The van der Waals surface area contributed by atoms with Gasteiger partial charge >= 0.3 is 0 Å². The van der Waals surface area contributed by atoms with Crippen LogP contribution >= 0.6 is 0 Å². The van der Waals surface area contributed by atoms with Crippen molar-refractivity contribution >= 4 is 5.96 Å². The Morgan fingerprint density at radius 1 is 1.00 bits per heavy atom. The third kappa shape index (κ3) is 6.51. The Morgan fingerprint density at radius 2 is 1.74 bits per heavy atom. The Morgan fingerprint density at radius 3 is 2.41 bits per heavy atom. The number of nitrogens with one attached hydrogen (secondary N) is 2. The van der Waals surface area contributed by atoms with E-state index in [0.29, 0.717) is 6.04 Å². The van der Waals surface area contributed by atoms with Crippen LogP contribution < -0.4 is 10.6 Å². The zero-order valence-electron chi connectivity index (χ0n) is 17.2. The van der Waals surface area contributed by atoms with Crippen LogP contribution in [-0.4, -0.2) is 61.6 Å². The highest BCUT2D eigenvalue weighted by molar-refractivity contribution is 5.79. The summed E-state index contributed by atoms with van der Waals surface area (Å²) in [6, 6.07) is 9.64. The van der Waals surface area contributed by atoms with E-state index in [0.717, 1.165) is 32.1 Å². The fraction of sp³-hybridized carbons (Fsp3) is 0.682. The van der Waals surface area contributed by atoms with Gasteiger partial charge in [-0.1, -0.05) is 30.7 Å². The van der Waals surface area contributed by atoms with Gasteiger partial charge in [-0.2, -0.15) is 0 Å². The van der Waals surface area contributed by atoms with Crippen molar-refractivity contribution < 1.29 is 0 Å². The van der Waals surface area contributed by atoms with E-state index in [1.54, 1.807) is 0 Å². The second-order valence-corrected chi connectivity index (χ2v) is 8.01. The Hall–Kier alpha value is -1.59. The SMILES string of the molecule is CCNC(=NCc1ccc(CN2CCCCC2)cc1)NCC1CCCN1C. The van der Waals surface area contributed by atoms with Gasteiger partial charge in [-0.3, -0.25) is 4.90 Å². The first-order chi connectivity index (χ1) is 13.2. The average Bonchev–Trinajstić information content (AvgIpc) is 3.11. The molecular formula is C22H37N5. The maximum absolute atomic E-state index is 4.78. The van der Waals surface area contributed by atoms with Crippen molar-refractivity contribution in [2.75, 3.05) is 39.8 Å². The molecule has 0 aromatic heterocycles. The van der Waals surface area contributed by atoms with Crippen LogP contribution in [0, 0.1) is 0 Å². The quantitative estimate of drug-likeness (QED) is 0.571. The molecule has 150 valence electrons. The third-order valence-corrected chi connectivity index (χ3v) is 5.82. The number of guanidine groups is 1. The van der Waals surface area contributed by atoms with Crippen LogP contribution in [0.1, 0.15) is 50.2 Å². The van der Waals surface area contributed by atoms with E-state index in [4.69, 9.17) is 4.99 Å². The number of likely N-dealkylation sites (N-methyl/N-ethyl adjacent to an activating group) is 1. The van der Waals surface area contributed by atoms with Gasteiger partial charge in [-0.05, 0) is 70.4 Å². The maximum Gasteiger partial charge on any atom is 0.191 e. The largest absolute Gasteiger partial charge is 0.357 e. The Balaban J connectivity index is 1.49. The summed E-state index contributed by atoms with van der Waals surface area (Å²) in [7, 11) is 2.22. The number of piperidine rings is 1. The zero-order valence-corrected chi connectivity index (χ0v) is 17.2. The lowest BCUT2D eigenvalue weighted by Gasteiger charge is -2.26. The normalized spacial score (nSPS) is 22.1. The molecule has 5 heteroatoms. The molecule has 0 bridgehead atoms. The molecule has 27 heavy (non-hydrogen) atoms. The second kappa shape index (κ2) is 10.7. The Bertz CT molecular complexity index is 577. The van der Waals surface area contributed by atoms with Gasteiger partial charge in [0.25, 0.3) is 0 Å². The van der Waals surface area contributed by atoms with Crippen molar-refractivity contribution in [3.05, 3.63) is 35.4 Å². The van der Waals surface area contributed by atoms with E-state index < -0.39 is 0 Å². The molecule has 2 heterocycles. The molecular weight excluding hydrogens is 334 g/mol. The summed E-state index contributed by atoms with van der Waals surface area (Å²) in [4.78, 5) is 9.80. The van der Waals surface area contributed by atoms with Crippen molar-refractivity contribution in [1.82, 2.24) is 20.4 Å². The molecule has 3 rings (SSSR count). The molecule has 1 atom stereocenters. The molecule has 2 saturated heterocycles. The number of hydrogen-bond acceptors (Lipinski definition) is 3. The van der Waals surface area contributed by atoms with Crippen molar-refractivity contribution in [2.24, 2.45) is 4.99 Å². The third-order valence-electron chi connectivity index (χ3n) is 5.82. The van der Waals surface area contributed by atoms with Gasteiger partial charge in [0, 0.05) is 25.7 Å². The number of aliphatic imine (C=N–C) groups is 1. The highest BCUT2D eigenvalue weighted by Crippen LogP contribution is 2.15. The molecule has 1 unspecified atom stereocenters. The number of benzene rings is 1. The van der Waals surface area contributed by atoms with Crippen LogP contribution in [0.15, 0.2) is 29.3 Å². The van der Waals surface area contributed by atoms with E-state index in [1.165, 1.54) is 62.9 Å². The smallest absolute Gasteiger partial charge is 0.191 e. The number of likely N-dealkylation sites (tertiary alicyclic amines) is 2. The highest BCUT2D eigenvalue weighted by Gasteiger charge is 2.20. The van der Waals surface area contributed by atoms with E-state index in [9.17, 15) is 0 Å². The summed E-state index contributed by atoms with van der Waals surface area (Å²) in [5.74, 6) is 0.926. The summed E-state index contributed by atoms with van der Waals surface area (Å²) in [6.07, 6.45) is 6.68. The van der Waals surface area contributed by atoms with Gasteiger partial charge in [-0.25, -0.2) is 4.99 Å². The van der Waals surface area contributed by atoms with E-state index in [1.807, 2.05) is 0 Å². The monoisotopic (exact) mass is 371 g/mol. The van der Waals surface area contributed by atoms with Crippen LogP contribution in [0.3, 0.4) is 0 Å². The first kappa shape index (κ1) is 20.2. The average molecular weight is 372 g/mol. The summed E-state index contributed by atoms with van der Waals surface area (Å²) >= 11 is 0. The van der Waals surface area contributed by atoms with E-state index in [-0.39, 0.29) is 0 Å². The Kier molecular flexibility index (Phi) is 7.96. The fourth-order valence-electron chi connectivity index (χ4n) is 4.09. The van der Waals surface area contributed by atoms with E-state index in [2.05, 4.69) is 58.7 Å². The molecule has 1 aromatic carbocycles. The molecule has 2 N–H and O–H groups in total. The zero-order chi connectivity index (χ0) is 18.9. The topological polar surface area (TPSA) is 42.9 Å². The Labute approximate surface area is 165 Å². The number of nitrogens with zero attached hydrogens (tertiary/aromatic N) is 3. The van der Waals surface area contributed by atoms with Gasteiger partial charge in [0.2, 0.25) is 0 Å². The first-order valence-electron chi connectivity index (χ1n) is 10.8. The minimum atomic E-state index is 0.628. The molecule has 5 nitrogen and oxygen atoms in total. The number of hydrogen-bond donors (Lipinski definition) is 2. The van der Waals surface area contributed by atoms with Crippen molar-refractivity contribution in [2.45, 2.75) is 58.2 Å². The van der Waals surface area contributed by atoms with Gasteiger partial charge < -0.3 is 15.5 Å². The van der Waals surface area contributed by atoms with Gasteiger partial charge in [-0.15, -0.1) is 0 Å². The van der Waals surface area contributed by atoms with Crippen molar-refractivity contribution in [1.29, 1.82) is 0 Å². The van der Waals surface area contributed by atoms with Crippen LogP contribution in [0.4, 0.5) is 0 Å². The summed E-state index contributed by atoms with van der Waals surface area (Å²) in [5.41, 5.74) is 2.69. The molecule has 2 fully saturated rings. The summed E-state index contributed by atoms with van der Waals surface area (Å²) in [5, 5.41) is 6.89. The minimum absolute atomic E-state index is 0.628. The molecule has 0 spiro atoms. The molecule has 0 amide bonds. The maximum atomic E-state index is 4.78. The fourth-order valence-corrected chi connectivity index (χ4v) is 4.09. The lowest BCUT2D eigenvalue weighted by molar-refractivity contribution is 0.221. The standard InChI is InChI=1S/C22H37N5/c1-3-23-22(25-17-21-8-7-13-26(21)2)24-16-19-9-11-20(12-10-19)18-27-14-5-4-6-15-27/h9-12,21H,3-8,13-18H2,1-2H3,(H2,23,24,25). The van der Waals surface area contributed by atoms with Gasteiger partial charge in [0.1, 0.15) is 0 Å². The van der Waals surface area contributed by atoms with Crippen LogP contribution in [0.2, 0.25) is 0 Å². The minimum Gasteiger partial charge on any atom is -0.357 e. The summed E-state index contributed by atoms with van der Waals surface area (Å²) in [6.45, 7) is 9.50. The van der Waals surface area contributed by atoms with Gasteiger partial charge in [0.15, 0.2) is 5.96 Å². The van der Waals surface area contributed by atoms with Crippen molar-refractivity contribution in [3.8, 4) is 0 Å². The summed E-state index contributed by atoms with van der Waals surface area (Å²) < 4.78 is 0. The van der Waals surface area contributed by atoms with E-state index >= 15 is 0 Å². The molecule has 0 saturated carbocycles. The highest BCUT2D eigenvalue weighted by atomic mass is 15.2. The predicted molar refractivity (Wildman–Crippen MR) is 114 cm³/mol. The van der Waals surface area contributed by atoms with Crippen LogP contribution in [0.5, 0.6) is 0 Å². The lowest BCUT2D eigenvalue weighted by atomic mass is 10.1. The van der Waals surface area contributed by atoms with Crippen molar-refractivity contribution in [3.63, 3.8) is 0 Å². The molecule has 0 aliphatic carbocycles.